The van der Waals surface area contributed by atoms with Crippen LogP contribution in [0, 0.1) is 23.7 Å². The normalized spacial score (nSPS) is 19.2. The number of nitrogens with two attached hydrogens (primary N) is 1. The van der Waals surface area contributed by atoms with E-state index in [0.717, 1.165) is 35.4 Å². The van der Waals surface area contributed by atoms with Crippen molar-refractivity contribution in [2.75, 3.05) is 40.6 Å². The molecule has 1 aromatic heterocycles. The molecular formula is C49H77N7O6S. The zero-order valence-corrected chi connectivity index (χ0v) is 40.7. The van der Waals surface area contributed by atoms with Crippen LogP contribution in [-0.4, -0.2) is 119 Å². The number of likely N-dealkylation sites (tertiary alicyclic amines) is 1. The van der Waals surface area contributed by atoms with Gasteiger partial charge in [-0.1, -0.05) is 97.4 Å². The number of benzene rings is 2. The SMILES string of the molecule is CC[C@H](C)[C@@H]([C@@H](CC(=O)N1CCC[C@H]1[C@H](OC)[C@@H](C)C(C)(O)N[C@@H](Cc1ccccc1)c1nccs1)OC)N(C)C(=O)[C@@H](NC(=O)[C@H](C(C)C)N(C)Cc1ccc(N)cc1)C(C)C. The molecule has 1 fully saturated rings. The summed E-state index contributed by atoms with van der Waals surface area (Å²) in [6.07, 6.45) is 3.61. The Bertz CT molecular complexity index is 1850. The van der Waals surface area contributed by atoms with Crippen molar-refractivity contribution in [3.05, 3.63) is 82.3 Å². The van der Waals surface area contributed by atoms with E-state index in [0.29, 0.717) is 25.2 Å². The summed E-state index contributed by atoms with van der Waals surface area (Å²) >= 11 is 1.54. The smallest absolute Gasteiger partial charge is 0.245 e. The van der Waals surface area contributed by atoms with Crippen LogP contribution in [0.1, 0.15) is 103 Å². The standard InChI is InChI=1S/C49H77N7O6S/c1-13-33(6)44(55(10)48(59)42(31(2)3)52-46(58)43(32(4)5)54(9)30-36-21-23-37(50)24-22-36)40(61-11)29-41(57)56-26-17-20-39(56)45(62-12)34(7)49(8,60)53-38(47-51-25-27-63-47)28-35-18-15-14-16-19-35/h14-16,18-19,21-25,27,31-34,38-40,42-45,53,60H,13,17,20,26,28-30,50H2,1-12H3,(H,52,58)/t33-,34+,38-,39-,40+,42-,43-,44-,45+,49?/m0/s1. The zero-order chi connectivity index (χ0) is 46.6. The van der Waals surface area contributed by atoms with Gasteiger partial charge >= 0.3 is 0 Å². The predicted octanol–water partition coefficient (Wildman–Crippen LogP) is 6.52. The molecule has 3 aromatic rings. The third kappa shape index (κ3) is 13.6. The lowest BCUT2D eigenvalue weighted by molar-refractivity contribution is -0.149. The molecule has 63 heavy (non-hydrogen) atoms. The fourth-order valence-electron chi connectivity index (χ4n) is 9.41. The predicted molar refractivity (Wildman–Crippen MR) is 253 cm³/mol. The molecular weight excluding hydrogens is 815 g/mol. The molecule has 0 spiro atoms. The van der Waals surface area contributed by atoms with Gasteiger partial charge in [-0.15, -0.1) is 11.3 Å². The largest absolute Gasteiger partial charge is 0.399 e. The summed E-state index contributed by atoms with van der Waals surface area (Å²) in [5, 5.41) is 21.6. The van der Waals surface area contributed by atoms with E-state index in [1.807, 2.05) is 99.3 Å². The second kappa shape index (κ2) is 23.8. The number of anilines is 1. The van der Waals surface area contributed by atoms with Crippen LogP contribution >= 0.6 is 11.3 Å². The third-order valence-corrected chi connectivity index (χ3v) is 14.1. The Labute approximate surface area is 381 Å². The molecule has 0 radical (unpaired) electrons. The van der Waals surface area contributed by atoms with E-state index in [-0.39, 0.29) is 54.0 Å². The summed E-state index contributed by atoms with van der Waals surface area (Å²) in [5.41, 5.74) is 7.36. The van der Waals surface area contributed by atoms with Gasteiger partial charge in [-0.05, 0) is 74.2 Å². The molecule has 3 amide bonds. The first-order valence-electron chi connectivity index (χ1n) is 22.7. The maximum absolute atomic E-state index is 14.6. The van der Waals surface area contributed by atoms with Crippen molar-refractivity contribution in [3.8, 4) is 0 Å². The number of likely N-dealkylation sites (N-methyl/N-ethyl adjacent to an activating group) is 2. The number of carbonyl (C=O) groups is 3. The number of methoxy groups -OCH3 is 2. The van der Waals surface area contributed by atoms with Crippen molar-refractivity contribution >= 4 is 34.7 Å². The Morgan fingerprint density at radius 2 is 1.65 bits per heavy atom. The van der Waals surface area contributed by atoms with Gasteiger partial charge in [0.2, 0.25) is 17.7 Å². The van der Waals surface area contributed by atoms with E-state index < -0.39 is 42.0 Å². The first kappa shape index (κ1) is 51.7. The van der Waals surface area contributed by atoms with Gasteiger partial charge in [0, 0.05) is 57.5 Å². The Hall–Kier alpha value is -3.92. The number of carbonyl (C=O) groups excluding carboxylic acids is 3. The minimum atomic E-state index is -1.38. The summed E-state index contributed by atoms with van der Waals surface area (Å²) in [6.45, 7) is 16.8. The van der Waals surface area contributed by atoms with Gasteiger partial charge in [0.25, 0.3) is 0 Å². The summed E-state index contributed by atoms with van der Waals surface area (Å²) in [6, 6.07) is 15.5. The maximum Gasteiger partial charge on any atom is 0.245 e. The van der Waals surface area contributed by atoms with E-state index in [1.165, 1.54) is 0 Å². The lowest BCUT2D eigenvalue weighted by Gasteiger charge is -2.43. The number of ether oxygens (including phenoxy) is 2. The average molecular weight is 892 g/mol. The molecule has 0 bridgehead atoms. The molecule has 350 valence electrons. The molecule has 1 saturated heterocycles. The Kier molecular flexibility index (Phi) is 19.6. The van der Waals surface area contributed by atoms with Gasteiger partial charge in [-0.3, -0.25) is 24.6 Å². The number of nitrogens with zero attached hydrogens (tertiary/aromatic N) is 4. The van der Waals surface area contributed by atoms with Gasteiger partial charge in [-0.25, -0.2) is 4.98 Å². The molecule has 1 aliphatic rings. The molecule has 10 atom stereocenters. The average Bonchev–Trinajstić information content (AvgIpc) is 3.97. The number of nitrogen functional groups attached to an aromatic ring is 1. The first-order chi connectivity index (χ1) is 29.8. The molecule has 13 nitrogen and oxygen atoms in total. The number of aromatic nitrogens is 1. The Morgan fingerprint density at radius 1 is 0.984 bits per heavy atom. The van der Waals surface area contributed by atoms with Crippen LogP contribution in [0.2, 0.25) is 0 Å². The molecule has 1 unspecified atom stereocenters. The van der Waals surface area contributed by atoms with Crippen molar-refractivity contribution in [1.29, 1.82) is 0 Å². The highest BCUT2D eigenvalue weighted by Gasteiger charge is 2.46. The van der Waals surface area contributed by atoms with Crippen molar-refractivity contribution < 1.29 is 29.0 Å². The van der Waals surface area contributed by atoms with Crippen molar-refractivity contribution in [2.24, 2.45) is 23.7 Å². The monoisotopic (exact) mass is 892 g/mol. The summed E-state index contributed by atoms with van der Waals surface area (Å²) in [7, 11) is 6.92. The van der Waals surface area contributed by atoms with E-state index in [9.17, 15) is 19.5 Å². The van der Waals surface area contributed by atoms with Gasteiger partial charge in [-0.2, -0.15) is 0 Å². The third-order valence-electron chi connectivity index (χ3n) is 13.2. The summed E-state index contributed by atoms with van der Waals surface area (Å²) < 4.78 is 12.3. The van der Waals surface area contributed by atoms with E-state index >= 15 is 0 Å². The van der Waals surface area contributed by atoms with Crippen molar-refractivity contribution in [2.45, 2.75) is 142 Å². The number of nitrogens with one attached hydrogen (secondary N) is 2. The lowest BCUT2D eigenvalue weighted by atomic mass is 9.86. The number of hydrogen-bond acceptors (Lipinski definition) is 11. The van der Waals surface area contributed by atoms with Gasteiger partial charge in [0.15, 0.2) is 0 Å². The minimum Gasteiger partial charge on any atom is -0.399 e. The molecule has 4 rings (SSSR count). The zero-order valence-electron chi connectivity index (χ0n) is 39.9. The first-order valence-corrected chi connectivity index (χ1v) is 23.6. The molecule has 2 heterocycles. The lowest BCUT2D eigenvalue weighted by Crippen LogP contribution is -2.60. The molecule has 5 N–H and O–H groups in total. The highest BCUT2D eigenvalue weighted by Crippen LogP contribution is 2.34. The van der Waals surface area contributed by atoms with Crippen LogP contribution in [0.5, 0.6) is 0 Å². The molecule has 14 heteroatoms. The molecule has 0 aliphatic carbocycles. The Balaban J connectivity index is 1.50. The van der Waals surface area contributed by atoms with Crippen molar-refractivity contribution in [1.82, 2.24) is 30.3 Å². The maximum atomic E-state index is 14.6. The van der Waals surface area contributed by atoms with E-state index in [1.54, 1.807) is 50.6 Å². The second-order valence-corrected chi connectivity index (χ2v) is 19.5. The van der Waals surface area contributed by atoms with Gasteiger partial charge in [0.05, 0.1) is 42.8 Å². The minimum absolute atomic E-state index is 0.0289. The Morgan fingerprint density at radius 3 is 2.21 bits per heavy atom. The second-order valence-electron chi connectivity index (χ2n) is 18.6. The van der Waals surface area contributed by atoms with Crippen LogP contribution in [0.3, 0.4) is 0 Å². The van der Waals surface area contributed by atoms with Gasteiger partial charge < -0.3 is 35.4 Å². The van der Waals surface area contributed by atoms with Crippen LogP contribution in [0.25, 0.3) is 0 Å². The quantitative estimate of drug-likeness (QED) is 0.0576. The number of rotatable bonds is 24. The molecule has 0 saturated carbocycles. The number of thiazole rings is 1. The fourth-order valence-corrected chi connectivity index (χ4v) is 10.1. The summed E-state index contributed by atoms with van der Waals surface area (Å²) in [4.78, 5) is 53.4. The number of hydrogen-bond donors (Lipinski definition) is 4. The highest BCUT2D eigenvalue weighted by atomic mass is 32.1. The van der Waals surface area contributed by atoms with Crippen LogP contribution < -0.4 is 16.4 Å². The van der Waals surface area contributed by atoms with E-state index in [2.05, 4.69) is 41.6 Å². The molecule has 2 aromatic carbocycles. The number of amides is 3. The highest BCUT2D eigenvalue weighted by molar-refractivity contribution is 7.09. The number of aliphatic hydroxyl groups is 1. The van der Waals surface area contributed by atoms with Crippen LogP contribution in [0.4, 0.5) is 5.69 Å². The fraction of sp³-hybridized carbons (Fsp3) is 0.633. The molecule has 1 aliphatic heterocycles. The van der Waals surface area contributed by atoms with Crippen LogP contribution in [0.15, 0.2) is 66.2 Å². The topological polar surface area (TPSA) is 163 Å². The summed E-state index contributed by atoms with van der Waals surface area (Å²) in [5.74, 6) is -1.23. The van der Waals surface area contributed by atoms with Crippen molar-refractivity contribution in [3.63, 3.8) is 0 Å². The van der Waals surface area contributed by atoms with E-state index in [4.69, 9.17) is 15.2 Å². The van der Waals surface area contributed by atoms with Gasteiger partial charge in [0.1, 0.15) is 16.8 Å². The van der Waals surface area contributed by atoms with Crippen LogP contribution in [-0.2, 0) is 36.8 Å².